The lowest BCUT2D eigenvalue weighted by Crippen LogP contribution is -2.38. The van der Waals surface area contributed by atoms with Crippen LogP contribution in [0.15, 0.2) is 21.4 Å². The van der Waals surface area contributed by atoms with E-state index in [9.17, 15) is 9.59 Å². The van der Waals surface area contributed by atoms with Crippen LogP contribution in [0, 0.1) is 0 Å². The van der Waals surface area contributed by atoms with E-state index in [0.29, 0.717) is 24.2 Å². The normalized spacial score (nSPS) is 17.3. The molecule has 5 heteroatoms. The largest absolute Gasteiger partial charge is 0.457 e. The molecule has 1 saturated heterocycles. The number of hydrogen-bond acceptors (Lipinski definition) is 3. The Labute approximate surface area is 95.4 Å². The Kier molecular flexibility index (Phi) is 2.90. The molecule has 1 aliphatic heterocycles. The highest BCUT2D eigenvalue weighted by Crippen LogP contribution is 2.17. The van der Waals surface area contributed by atoms with Crippen molar-refractivity contribution in [3.8, 4) is 0 Å². The lowest BCUT2D eigenvalue weighted by molar-refractivity contribution is -0.139. The third-order valence-electron chi connectivity index (χ3n) is 2.36. The number of carbonyl (C=O) groups excluding carboxylic acids is 2. The number of Topliss-reactive ketones (excluding diaryl/α,β-unsaturated/α-hetero) is 1. The molecule has 0 spiro atoms. The second kappa shape index (κ2) is 4.18. The van der Waals surface area contributed by atoms with Gasteiger partial charge in [0.25, 0.3) is 0 Å². The van der Waals surface area contributed by atoms with E-state index in [1.807, 2.05) is 6.07 Å². The van der Waals surface area contributed by atoms with Crippen molar-refractivity contribution in [2.45, 2.75) is 19.4 Å². The highest BCUT2D eigenvalue weighted by atomic mass is 79.9. The van der Waals surface area contributed by atoms with Gasteiger partial charge in [0.2, 0.25) is 5.91 Å². The van der Waals surface area contributed by atoms with Crippen LogP contribution >= 0.6 is 15.9 Å². The first-order valence-electron chi connectivity index (χ1n) is 4.67. The minimum atomic E-state index is -0.0939. The van der Waals surface area contributed by atoms with Gasteiger partial charge in [-0.15, -0.1) is 0 Å². The molecule has 0 unspecified atom stereocenters. The number of nitrogens with zero attached hydrogens (tertiary/aromatic N) is 1. The number of rotatable bonds is 2. The zero-order chi connectivity index (χ0) is 10.8. The van der Waals surface area contributed by atoms with Crippen molar-refractivity contribution in [1.29, 1.82) is 0 Å². The second-order valence-corrected chi connectivity index (χ2v) is 4.32. The Balaban J connectivity index is 2.00. The zero-order valence-corrected chi connectivity index (χ0v) is 9.62. The Morgan fingerprint density at radius 3 is 2.87 bits per heavy atom. The van der Waals surface area contributed by atoms with Gasteiger partial charge in [-0.25, -0.2) is 0 Å². The highest BCUT2D eigenvalue weighted by molar-refractivity contribution is 9.10. The van der Waals surface area contributed by atoms with Gasteiger partial charge in [-0.05, 0) is 22.0 Å². The van der Waals surface area contributed by atoms with Crippen molar-refractivity contribution in [3.05, 3.63) is 22.6 Å². The van der Waals surface area contributed by atoms with Gasteiger partial charge in [0.15, 0.2) is 4.67 Å². The van der Waals surface area contributed by atoms with Crippen LogP contribution in [-0.2, 0) is 16.1 Å². The summed E-state index contributed by atoms with van der Waals surface area (Å²) >= 11 is 3.20. The number of furan rings is 1. The molecule has 80 valence electrons. The van der Waals surface area contributed by atoms with Gasteiger partial charge < -0.3 is 9.32 Å². The molecule has 0 bridgehead atoms. The van der Waals surface area contributed by atoms with E-state index in [1.54, 1.807) is 11.2 Å². The van der Waals surface area contributed by atoms with E-state index in [2.05, 4.69) is 15.9 Å². The van der Waals surface area contributed by atoms with Crippen LogP contribution in [0.2, 0.25) is 0 Å². The summed E-state index contributed by atoms with van der Waals surface area (Å²) in [6.07, 6.45) is 2.11. The predicted octanol–water partition coefficient (Wildman–Crippen LogP) is 1.73. The van der Waals surface area contributed by atoms with Crippen LogP contribution in [0.3, 0.4) is 0 Å². The molecular formula is C10H10BrNO3. The first-order chi connectivity index (χ1) is 7.15. The molecule has 2 heterocycles. The van der Waals surface area contributed by atoms with E-state index in [-0.39, 0.29) is 18.1 Å². The Morgan fingerprint density at radius 1 is 1.47 bits per heavy atom. The standard InChI is InChI=1S/C10H10BrNO3/c11-9-3-7(6-15-9)5-12-2-1-8(13)4-10(12)14/h3,6H,1-2,4-5H2. The third kappa shape index (κ3) is 2.47. The van der Waals surface area contributed by atoms with Crippen molar-refractivity contribution in [2.75, 3.05) is 6.54 Å². The molecule has 0 radical (unpaired) electrons. The number of amides is 1. The number of likely N-dealkylation sites (tertiary alicyclic amines) is 1. The van der Waals surface area contributed by atoms with Gasteiger partial charge in [-0.3, -0.25) is 9.59 Å². The predicted molar refractivity (Wildman–Crippen MR) is 56.1 cm³/mol. The molecule has 15 heavy (non-hydrogen) atoms. The quantitative estimate of drug-likeness (QED) is 0.770. The summed E-state index contributed by atoms with van der Waals surface area (Å²) in [4.78, 5) is 24.2. The fraction of sp³-hybridized carbons (Fsp3) is 0.400. The SMILES string of the molecule is O=C1CCN(Cc2coc(Br)c2)C(=O)C1. The van der Waals surface area contributed by atoms with Gasteiger partial charge in [0, 0.05) is 25.1 Å². The van der Waals surface area contributed by atoms with Crippen molar-refractivity contribution < 1.29 is 14.0 Å². The molecule has 1 fully saturated rings. The van der Waals surface area contributed by atoms with Crippen LogP contribution in [-0.4, -0.2) is 23.1 Å². The first-order valence-corrected chi connectivity index (χ1v) is 5.47. The molecule has 2 rings (SSSR count). The van der Waals surface area contributed by atoms with E-state index in [1.165, 1.54) is 0 Å². The van der Waals surface area contributed by atoms with E-state index in [0.717, 1.165) is 5.56 Å². The van der Waals surface area contributed by atoms with Gasteiger partial charge in [0.05, 0.1) is 12.7 Å². The molecule has 1 amide bonds. The van der Waals surface area contributed by atoms with Crippen LogP contribution in [0.1, 0.15) is 18.4 Å². The number of piperidine rings is 1. The van der Waals surface area contributed by atoms with Crippen LogP contribution < -0.4 is 0 Å². The first kappa shape index (κ1) is 10.4. The molecular weight excluding hydrogens is 262 g/mol. The van der Waals surface area contributed by atoms with Gasteiger partial charge in [-0.2, -0.15) is 0 Å². The average Bonchev–Trinajstić information content (AvgIpc) is 2.56. The summed E-state index contributed by atoms with van der Waals surface area (Å²) in [5, 5.41) is 0. The maximum atomic E-state index is 11.5. The molecule has 1 aliphatic rings. The zero-order valence-electron chi connectivity index (χ0n) is 8.03. The maximum Gasteiger partial charge on any atom is 0.230 e. The molecule has 4 nitrogen and oxygen atoms in total. The van der Waals surface area contributed by atoms with Crippen molar-refractivity contribution in [3.63, 3.8) is 0 Å². The maximum absolute atomic E-state index is 11.5. The minimum absolute atomic E-state index is 0.0321. The van der Waals surface area contributed by atoms with Gasteiger partial charge in [-0.1, -0.05) is 0 Å². The molecule has 0 N–H and O–H groups in total. The van der Waals surface area contributed by atoms with Crippen LogP contribution in [0.5, 0.6) is 0 Å². The number of carbonyl (C=O) groups is 2. The summed E-state index contributed by atoms with van der Waals surface area (Å²) < 4.78 is 5.73. The number of hydrogen-bond donors (Lipinski definition) is 0. The van der Waals surface area contributed by atoms with Crippen molar-refractivity contribution in [1.82, 2.24) is 4.90 Å². The number of halogens is 1. The van der Waals surface area contributed by atoms with E-state index in [4.69, 9.17) is 4.42 Å². The van der Waals surface area contributed by atoms with Gasteiger partial charge >= 0.3 is 0 Å². The van der Waals surface area contributed by atoms with Crippen molar-refractivity contribution in [2.24, 2.45) is 0 Å². The Morgan fingerprint density at radius 2 is 2.27 bits per heavy atom. The van der Waals surface area contributed by atoms with Crippen LogP contribution in [0.4, 0.5) is 0 Å². The molecule has 0 aliphatic carbocycles. The Bertz CT molecular complexity index is 399. The molecule has 0 atom stereocenters. The fourth-order valence-electron chi connectivity index (χ4n) is 1.57. The topological polar surface area (TPSA) is 50.5 Å². The summed E-state index contributed by atoms with van der Waals surface area (Å²) in [7, 11) is 0. The fourth-order valence-corrected chi connectivity index (χ4v) is 1.96. The molecule has 1 aromatic heterocycles. The third-order valence-corrected chi connectivity index (χ3v) is 2.77. The summed E-state index contributed by atoms with van der Waals surface area (Å²) in [5.41, 5.74) is 0.935. The second-order valence-electron chi connectivity index (χ2n) is 3.54. The monoisotopic (exact) mass is 271 g/mol. The molecule has 1 aromatic rings. The molecule has 0 aromatic carbocycles. The van der Waals surface area contributed by atoms with Gasteiger partial charge in [0.1, 0.15) is 5.78 Å². The Hall–Kier alpha value is -1.10. The highest BCUT2D eigenvalue weighted by Gasteiger charge is 2.23. The summed E-state index contributed by atoms with van der Waals surface area (Å²) in [5.74, 6) is -0.0619. The lowest BCUT2D eigenvalue weighted by atomic mass is 10.1. The number of ketones is 1. The molecule has 0 saturated carbocycles. The summed E-state index contributed by atoms with van der Waals surface area (Å²) in [6, 6.07) is 1.82. The smallest absolute Gasteiger partial charge is 0.230 e. The van der Waals surface area contributed by atoms with Crippen LogP contribution in [0.25, 0.3) is 0 Å². The average molecular weight is 272 g/mol. The van der Waals surface area contributed by atoms with E-state index >= 15 is 0 Å². The lowest BCUT2D eigenvalue weighted by Gasteiger charge is -2.25. The minimum Gasteiger partial charge on any atom is -0.457 e. The van der Waals surface area contributed by atoms with Crippen molar-refractivity contribution >= 4 is 27.6 Å². The summed E-state index contributed by atoms with van der Waals surface area (Å²) in [6.45, 7) is 1.03. The van der Waals surface area contributed by atoms with E-state index < -0.39 is 0 Å².